The van der Waals surface area contributed by atoms with Crippen LogP contribution in [-0.4, -0.2) is 31.9 Å². The lowest BCUT2D eigenvalue weighted by Crippen LogP contribution is -2.16. The van der Waals surface area contributed by atoms with Gasteiger partial charge in [0.1, 0.15) is 22.8 Å². The third-order valence-corrected chi connectivity index (χ3v) is 5.08. The van der Waals surface area contributed by atoms with Crippen molar-refractivity contribution in [3.63, 3.8) is 0 Å². The first-order chi connectivity index (χ1) is 12.3. The van der Waals surface area contributed by atoms with Crippen molar-refractivity contribution in [1.82, 2.24) is 0 Å². The number of Topliss-reactive ketones (excluding diaryl/α,β-unsaturated/α-hetero) is 1. The second-order valence-corrected chi connectivity index (χ2v) is 6.90. The van der Waals surface area contributed by atoms with Crippen molar-refractivity contribution in [2.75, 3.05) is 26.1 Å². The number of hydrogen-bond donors (Lipinski definition) is 0. The average Bonchev–Trinajstić information content (AvgIpc) is 2.65. The van der Waals surface area contributed by atoms with Crippen molar-refractivity contribution < 1.29 is 19.0 Å². The topological polar surface area (TPSA) is 44.8 Å². The summed E-state index contributed by atoms with van der Waals surface area (Å²) in [5, 5.41) is 0. The molecule has 1 aliphatic heterocycles. The number of benzene rings is 2. The van der Waals surface area contributed by atoms with Crippen LogP contribution in [0.1, 0.15) is 29.6 Å². The van der Waals surface area contributed by atoms with Gasteiger partial charge in [0.25, 0.3) is 0 Å². The molecule has 1 aliphatic rings. The molecule has 4 nitrogen and oxygen atoms in total. The normalized spacial score (nSPS) is 13.1. The number of hydrogen-bond acceptors (Lipinski definition) is 5. The molecule has 3 rings (SSSR count). The van der Waals surface area contributed by atoms with Crippen LogP contribution in [0.5, 0.6) is 17.2 Å². The second kappa shape index (κ2) is 8.81. The van der Waals surface area contributed by atoms with E-state index in [2.05, 4.69) is 12.1 Å². The van der Waals surface area contributed by atoms with E-state index in [1.165, 1.54) is 4.90 Å². The molecule has 2 aromatic rings. The number of unbranched alkanes of at least 4 members (excludes halogenated alkanes) is 1. The summed E-state index contributed by atoms with van der Waals surface area (Å²) in [5.41, 5.74) is 0.598. The molecule has 0 aromatic heterocycles. The van der Waals surface area contributed by atoms with Gasteiger partial charge in [0, 0.05) is 11.3 Å². The highest BCUT2D eigenvalue weighted by Gasteiger charge is 2.22. The van der Waals surface area contributed by atoms with E-state index in [4.69, 9.17) is 14.2 Å². The van der Waals surface area contributed by atoms with E-state index in [1.54, 1.807) is 7.11 Å². The van der Waals surface area contributed by atoms with Crippen LogP contribution in [0.2, 0.25) is 0 Å². The van der Waals surface area contributed by atoms with Crippen molar-refractivity contribution in [3.8, 4) is 17.2 Å². The van der Waals surface area contributed by atoms with Crippen LogP contribution in [0.3, 0.4) is 0 Å². The molecule has 0 saturated carbocycles. The number of carbonyl (C=O) groups is 1. The van der Waals surface area contributed by atoms with E-state index in [9.17, 15) is 4.79 Å². The van der Waals surface area contributed by atoms with E-state index in [0.29, 0.717) is 36.7 Å². The van der Waals surface area contributed by atoms with Gasteiger partial charge in [-0.15, -0.1) is 11.8 Å². The quantitative estimate of drug-likeness (QED) is 0.509. The summed E-state index contributed by atoms with van der Waals surface area (Å²) in [5.74, 6) is 3.30. The highest BCUT2D eigenvalue weighted by Crippen LogP contribution is 2.32. The summed E-state index contributed by atoms with van der Waals surface area (Å²) in [6.45, 7) is 1.06. The maximum atomic E-state index is 12.1. The molecule has 0 bridgehead atoms. The molecule has 2 aromatic carbocycles. The minimum Gasteiger partial charge on any atom is -0.497 e. The van der Waals surface area contributed by atoms with Gasteiger partial charge in [0.05, 0.1) is 20.3 Å². The van der Waals surface area contributed by atoms with Gasteiger partial charge in [-0.05, 0) is 55.0 Å². The molecule has 1 heterocycles. The van der Waals surface area contributed by atoms with E-state index in [-0.39, 0.29) is 5.78 Å². The molecule has 0 atom stereocenters. The minimum atomic E-state index is 0.104. The molecule has 0 aliphatic carbocycles. The highest BCUT2D eigenvalue weighted by molar-refractivity contribution is 7.99. The summed E-state index contributed by atoms with van der Waals surface area (Å²) in [6, 6.07) is 13.6. The molecule has 0 N–H and O–H groups in total. The van der Waals surface area contributed by atoms with Gasteiger partial charge in [-0.1, -0.05) is 6.07 Å². The molecule has 0 amide bonds. The number of rotatable bonds is 8. The Kier molecular flexibility index (Phi) is 6.23. The minimum absolute atomic E-state index is 0.104. The van der Waals surface area contributed by atoms with Crippen LogP contribution in [0, 0.1) is 0 Å². The summed E-state index contributed by atoms with van der Waals surface area (Å²) < 4.78 is 16.5. The smallest absolute Gasteiger partial charge is 0.173 e. The van der Waals surface area contributed by atoms with Gasteiger partial charge >= 0.3 is 0 Å². The Morgan fingerprint density at radius 2 is 1.96 bits per heavy atom. The van der Waals surface area contributed by atoms with Gasteiger partial charge < -0.3 is 14.2 Å². The van der Waals surface area contributed by atoms with Crippen molar-refractivity contribution in [1.29, 1.82) is 0 Å². The Labute approximate surface area is 152 Å². The van der Waals surface area contributed by atoms with Crippen molar-refractivity contribution >= 4 is 17.5 Å². The standard InChI is InChI=1S/C20H22O4S/c1-22-15-7-9-16(10-8-15)25-14-3-2-12-23-18-5-4-6-19-20(18)17(21)11-13-24-19/h4-10H,2-3,11-14H2,1H3. The van der Waals surface area contributed by atoms with Crippen molar-refractivity contribution in [2.24, 2.45) is 0 Å². The molecule has 0 unspecified atom stereocenters. The van der Waals surface area contributed by atoms with Crippen LogP contribution in [-0.2, 0) is 0 Å². The fourth-order valence-corrected chi connectivity index (χ4v) is 3.57. The molecular weight excluding hydrogens is 336 g/mol. The van der Waals surface area contributed by atoms with Gasteiger partial charge in [-0.3, -0.25) is 4.79 Å². The van der Waals surface area contributed by atoms with Gasteiger partial charge in [0.2, 0.25) is 0 Å². The molecule has 0 fully saturated rings. The highest BCUT2D eigenvalue weighted by atomic mass is 32.2. The lowest BCUT2D eigenvalue weighted by Gasteiger charge is -2.19. The predicted octanol–water partition coefficient (Wildman–Crippen LogP) is 4.61. The largest absolute Gasteiger partial charge is 0.497 e. The Bertz CT molecular complexity index is 712. The van der Waals surface area contributed by atoms with E-state index in [1.807, 2.05) is 42.1 Å². The van der Waals surface area contributed by atoms with Crippen LogP contribution < -0.4 is 14.2 Å². The first-order valence-corrected chi connectivity index (χ1v) is 9.45. The van der Waals surface area contributed by atoms with Gasteiger partial charge in [0.15, 0.2) is 5.78 Å². The van der Waals surface area contributed by atoms with E-state index >= 15 is 0 Å². The van der Waals surface area contributed by atoms with E-state index in [0.717, 1.165) is 24.3 Å². The van der Waals surface area contributed by atoms with Gasteiger partial charge in [-0.2, -0.15) is 0 Å². The number of methoxy groups -OCH3 is 1. The molecule has 5 heteroatoms. The maximum absolute atomic E-state index is 12.1. The fourth-order valence-electron chi connectivity index (χ4n) is 2.65. The van der Waals surface area contributed by atoms with Crippen LogP contribution in [0.4, 0.5) is 0 Å². The monoisotopic (exact) mass is 358 g/mol. The van der Waals surface area contributed by atoms with Crippen molar-refractivity contribution in [3.05, 3.63) is 48.0 Å². The average molecular weight is 358 g/mol. The summed E-state index contributed by atoms with van der Waals surface area (Å²) in [4.78, 5) is 13.3. The lowest BCUT2D eigenvalue weighted by atomic mass is 10.0. The third-order valence-electron chi connectivity index (χ3n) is 3.98. The van der Waals surface area contributed by atoms with Crippen molar-refractivity contribution in [2.45, 2.75) is 24.2 Å². The van der Waals surface area contributed by atoms with E-state index < -0.39 is 0 Å². The first-order valence-electron chi connectivity index (χ1n) is 8.46. The zero-order chi connectivity index (χ0) is 17.5. The number of ketones is 1. The zero-order valence-corrected chi connectivity index (χ0v) is 15.1. The Morgan fingerprint density at radius 3 is 2.76 bits per heavy atom. The molecule has 0 radical (unpaired) electrons. The number of fused-ring (bicyclic) bond motifs is 1. The Balaban J connectivity index is 1.41. The van der Waals surface area contributed by atoms with Crippen LogP contribution >= 0.6 is 11.8 Å². The second-order valence-electron chi connectivity index (χ2n) is 5.73. The Hall–Kier alpha value is -2.14. The number of carbonyl (C=O) groups excluding carboxylic acids is 1. The molecule has 132 valence electrons. The number of thioether (sulfide) groups is 1. The fraction of sp³-hybridized carbons (Fsp3) is 0.350. The van der Waals surface area contributed by atoms with Gasteiger partial charge in [-0.25, -0.2) is 0 Å². The third kappa shape index (κ3) is 4.69. The van der Waals surface area contributed by atoms with Crippen LogP contribution in [0.15, 0.2) is 47.4 Å². The Morgan fingerprint density at radius 1 is 1.12 bits per heavy atom. The van der Waals surface area contributed by atoms with Crippen LogP contribution in [0.25, 0.3) is 0 Å². The molecule has 0 spiro atoms. The molecule has 0 saturated heterocycles. The zero-order valence-electron chi connectivity index (χ0n) is 14.3. The lowest BCUT2D eigenvalue weighted by molar-refractivity contribution is 0.0928. The summed E-state index contributed by atoms with van der Waals surface area (Å²) in [6.07, 6.45) is 2.42. The summed E-state index contributed by atoms with van der Waals surface area (Å²) >= 11 is 1.82. The maximum Gasteiger partial charge on any atom is 0.173 e. The first kappa shape index (κ1) is 17.7. The predicted molar refractivity (Wildman–Crippen MR) is 99.3 cm³/mol. The molecule has 25 heavy (non-hydrogen) atoms. The molecular formula is C20H22O4S. The summed E-state index contributed by atoms with van der Waals surface area (Å²) in [7, 11) is 1.67. The number of ether oxygens (including phenoxy) is 3. The SMILES string of the molecule is COc1ccc(SCCCCOc2cccc3c2C(=O)CCO3)cc1.